The number of rotatable bonds is 8. The zero-order valence-electron chi connectivity index (χ0n) is 10.7. The summed E-state index contributed by atoms with van der Waals surface area (Å²) in [5.74, 6) is -0.355. The van der Waals surface area contributed by atoms with Crippen LogP contribution in [0, 0.1) is 5.82 Å². The Morgan fingerprint density at radius 1 is 1.28 bits per heavy atom. The van der Waals surface area contributed by atoms with E-state index in [0.717, 1.165) is 0 Å². The van der Waals surface area contributed by atoms with E-state index in [-0.39, 0.29) is 12.1 Å². The zero-order valence-corrected chi connectivity index (χ0v) is 11.5. The van der Waals surface area contributed by atoms with Gasteiger partial charge in [0.1, 0.15) is 5.82 Å². The predicted molar refractivity (Wildman–Crippen MR) is 71.6 cm³/mol. The van der Waals surface area contributed by atoms with Crippen LogP contribution >= 0.6 is 11.6 Å². The highest BCUT2D eigenvalue weighted by molar-refractivity contribution is 6.30. The minimum Gasteiger partial charge on any atom is -0.382 e. The van der Waals surface area contributed by atoms with E-state index in [2.05, 4.69) is 5.32 Å². The van der Waals surface area contributed by atoms with Crippen molar-refractivity contribution in [1.29, 1.82) is 0 Å². The largest absolute Gasteiger partial charge is 0.382 e. The van der Waals surface area contributed by atoms with Crippen LogP contribution in [0.2, 0.25) is 5.02 Å². The normalized spacial score (nSPS) is 10.9. The Kier molecular flexibility index (Phi) is 7.01. The van der Waals surface area contributed by atoms with Crippen LogP contribution in [0.5, 0.6) is 0 Å². The summed E-state index contributed by atoms with van der Waals surface area (Å²) in [5, 5.41) is 3.38. The molecule has 1 rings (SSSR count). The van der Waals surface area contributed by atoms with Crippen LogP contribution in [-0.4, -0.2) is 26.0 Å². The molecule has 0 amide bonds. The van der Waals surface area contributed by atoms with Crippen LogP contribution in [0.15, 0.2) is 18.2 Å². The van der Waals surface area contributed by atoms with Crippen LogP contribution in [0.3, 0.4) is 0 Å². The molecule has 0 saturated heterocycles. The number of ether oxygens (including phenoxy) is 2. The molecule has 1 N–H and O–H groups in total. The van der Waals surface area contributed by atoms with Gasteiger partial charge in [-0.3, -0.25) is 0 Å². The van der Waals surface area contributed by atoms with Gasteiger partial charge in [-0.15, -0.1) is 0 Å². The van der Waals surface area contributed by atoms with Gasteiger partial charge in [-0.05, 0) is 32.0 Å². The third kappa shape index (κ3) is 5.21. The Bertz CT molecular complexity index is 357. The number of halogens is 2. The standard InChI is InChI=1S/C13H19ClFNO2/c1-3-17-13(18-4-2)7-8-16-12-6-5-10(14)9-11(12)15/h5-6,9,13,16H,3-4,7-8H2,1-2H3. The first-order valence-electron chi connectivity index (χ1n) is 6.09. The van der Waals surface area contributed by atoms with E-state index in [1.807, 2.05) is 13.8 Å². The summed E-state index contributed by atoms with van der Waals surface area (Å²) in [4.78, 5) is 0. The second kappa shape index (κ2) is 8.29. The van der Waals surface area contributed by atoms with Gasteiger partial charge < -0.3 is 14.8 Å². The summed E-state index contributed by atoms with van der Waals surface area (Å²) >= 11 is 5.68. The smallest absolute Gasteiger partial charge is 0.159 e. The van der Waals surface area contributed by atoms with E-state index in [9.17, 15) is 4.39 Å². The average Bonchev–Trinajstić information content (AvgIpc) is 2.32. The number of hydrogen-bond donors (Lipinski definition) is 1. The van der Waals surface area contributed by atoms with E-state index in [4.69, 9.17) is 21.1 Å². The monoisotopic (exact) mass is 275 g/mol. The van der Waals surface area contributed by atoms with Crippen molar-refractivity contribution in [1.82, 2.24) is 0 Å². The molecular weight excluding hydrogens is 257 g/mol. The van der Waals surface area contributed by atoms with Crippen LogP contribution in [0.4, 0.5) is 10.1 Å². The SMILES string of the molecule is CCOC(CCNc1ccc(Cl)cc1F)OCC. The van der Waals surface area contributed by atoms with Crippen molar-refractivity contribution >= 4 is 17.3 Å². The molecule has 3 nitrogen and oxygen atoms in total. The Hall–Kier alpha value is -0.840. The molecule has 5 heteroatoms. The van der Waals surface area contributed by atoms with Crippen molar-refractivity contribution in [3.05, 3.63) is 29.0 Å². The molecule has 0 atom stereocenters. The van der Waals surface area contributed by atoms with Gasteiger partial charge in [0.15, 0.2) is 6.29 Å². The lowest BCUT2D eigenvalue weighted by Crippen LogP contribution is -2.21. The van der Waals surface area contributed by atoms with Crippen molar-refractivity contribution < 1.29 is 13.9 Å². The highest BCUT2D eigenvalue weighted by atomic mass is 35.5. The fraction of sp³-hybridized carbons (Fsp3) is 0.538. The van der Waals surface area contributed by atoms with Gasteiger partial charge in [-0.25, -0.2) is 4.39 Å². The topological polar surface area (TPSA) is 30.5 Å². The van der Waals surface area contributed by atoms with Gasteiger partial charge in [-0.2, -0.15) is 0 Å². The summed E-state index contributed by atoms with van der Waals surface area (Å²) in [5.41, 5.74) is 0.436. The predicted octanol–water partition coefficient (Wildman–Crippen LogP) is 3.68. The molecule has 18 heavy (non-hydrogen) atoms. The third-order valence-corrected chi connectivity index (χ3v) is 2.57. The van der Waals surface area contributed by atoms with Crippen molar-refractivity contribution in [2.45, 2.75) is 26.6 Å². The highest BCUT2D eigenvalue weighted by Gasteiger charge is 2.08. The van der Waals surface area contributed by atoms with Gasteiger partial charge in [0, 0.05) is 31.2 Å². The molecule has 1 aromatic rings. The molecule has 0 radical (unpaired) electrons. The first kappa shape index (κ1) is 15.2. The summed E-state index contributed by atoms with van der Waals surface area (Å²) in [6.45, 7) is 5.60. The molecule has 0 unspecified atom stereocenters. The van der Waals surface area contributed by atoms with Crippen molar-refractivity contribution in [2.24, 2.45) is 0 Å². The fourth-order valence-electron chi connectivity index (χ4n) is 1.54. The fourth-order valence-corrected chi connectivity index (χ4v) is 1.70. The summed E-state index contributed by atoms with van der Waals surface area (Å²) in [6, 6.07) is 4.55. The molecule has 0 spiro atoms. The van der Waals surface area contributed by atoms with Gasteiger partial charge in [0.2, 0.25) is 0 Å². The summed E-state index contributed by atoms with van der Waals surface area (Å²) < 4.78 is 24.2. The summed E-state index contributed by atoms with van der Waals surface area (Å²) in [7, 11) is 0. The first-order valence-corrected chi connectivity index (χ1v) is 6.47. The van der Waals surface area contributed by atoms with E-state index in [1.165, 1.54) is 6.07 Å². The van der Waals surface area contributed by atoms with Gasteiger partial charge in [-0.1, -0.05) is 11.6 Å². The molecule has 0 heterocycles. The lowest BCUT2D eigenvalue weighted by Gasteiger charge is -2.17. The van der Waals surface area contributed by atoms with Gasteiger partial charge in [0.25, 0.3) is 0 Å². The maximum Gasteiger partial charge on any atom is 0.159 e. The van der Waals surface area contributed by atoms with Crippen LogP contribution in [-0.2, 0) is 9.47 Å². The average molecular weight is 276 g/mol. The maximum absolute atomic E-state index is 13.5. The first-order chi connectivity index (χ1) is 8.67. The van der Waals surface area contributed by atoms with E-state index < -0.39 is 0 Å². The third-order valence-electron chi connectivity index (χ3n) is 2.33. The molecule has 0 aliphatic heterocycles. The quantitative estimate of drug-likeness (QED) is 0.734. The lowest BCUT2D eigenvalue weighted by atomic mass is 10.3. The van der Waals surface area contributed by atoms with E-state index in [1.54, 1.807) is 12.1 Å². The molecular formula is C13H19ClFNO2. The molecule has 0 fully saturated rings. The van der Waals surface area contributed by atoms with Crippen molar-refractivity contribution in [2.75, 3.05) is 25.1 Å². The Morgan fingerprint density at radius 3 is 2.50 bits per heavy atom. The van der Waals surface area contributed by atoms with Crippen molar-refractivity contribution in [3.8, 4) is 0 Å². The minimum atomic E-state index is -0.355. The zero-order chi connectivity index (χ0) is 13.4. The van der Waals surface area contributed by atoms with E-state index in [0.29, 0.717) is 36.9 Å². The number of nitrogens with one attached hydrogen (secondary N) is 1. The molecule has 0 aliphatic rings. The van der Waals surface area contributed by atoms with Gasteiger partial charge in [0.05, 0.1) is 5.69 Å². The Labute approximate surface area is 112 Å². The second-order valence-corrected chi connectivity index (χ2v) is 4.12. The summed E-state index contributed by atoms with van der Waals surface area (Å²) in [6.07, 6.45) is 0.409. The lowest BCUT2D eigenvalue weighted by molar-refractivity contribution is -0.137. The number of anilines is 1. The number of hydrogen-bond acceptors (Lipinski definition) is 3. The second-order valence-electron chi connectivity index (χ2n) is 3.68. The van der Waals surface area contributed by atoms with Crippen molar-refractivity contribution in [3.63, 3.8) is 0 Å². The maximum atomic E-state index is 13.5. The molecule has 0 aliphatic carbocycles. The highest BCUT2D eigenvalue weighted by Crippen LogP contribution is 2.18. The minimum absolute atomic E-state index is 0.247. The van der Waals surface area contributed by atoms with Crippen LogP contribution < -0.4 is 5.32 Å². The molecule has 102 valence electrons. The van der Waals surface area contributed by atoms with Crippen LogP contribution in [0.1, 0.15) is 20.3 Å². The molecule has 1 aromatic carbocycles. The molecule has 0 aromatic heterocycles. The van der Waals surface area contributed by atoms with Crippen LogP contribution in [0.25, 0.3) is 0 Å². The van der Waals surface area contributed by atoms with E-state index >= 15 is 0 Å². The number of benzene rings is 1. The Balaban J connectivity index is 2.39. The Morgan fingerprint density at radius 2 is 1.94 bits per heavy atom. The van der Waals surface area contributed by atoms with Gasteiger partial charge >= 0.3 is 0 Å². The molecule has 0 bridgehead atoms. The molecule has 0 saturated carbocycles.